The normalized spacial score (nSPS) is 21.9. The highest BCUT2D eigenvalue weighted by Crippen LogP contribution is 2.21. The highest BCUT2D eigenvalue weighted by molar-refractivity contribution is 14.0. The fourth-order valence-corrected chi connectivity index (χ4v) is 4.02. The number of aliphatic imine (C=N–C) groups is 1. The second-order valence-electron chi connectivity index (χ2n) is 9.59. The Bertz CT molecular complexity index is 542. The van der Waals surface area contributed by atoms with Gasteiger partial charge in [-0.3, -0.25) is 4.99 Å². The van der Waals surface area contributed by atoms with Gasteiger partial charge in [0, 0.05) is 38.3 Å². The van der Waals surface area contributed by atoms with E-state index >= 15 is 0 Å². The summed E-state index contributed by atoms with van der Waals surface area (Å²) in [7, 11) is 0. The molecule has 0 spiro atoms. The third-order valence-electron chi connectivity index (χ3n) is 5.66. The maximum absolute atomic E-state index is 12.6. The van der Waals surface area contributed by atoms with Crippen LogP contribution in [0.4, 0.5) is 4.79 Å². The molecule has 0 saturated carbocycles. The van der Waals surface area contributed by atoms with Crippen molar-refractivity contribution in [1.82, 2.24) is 20.4 Å². The Morgan fingerprint density at radius 3 is 2.37 bits per heavy atom. The highest BCUT2D eigenvalue weighted by Gasteiger charge is 2.30. The Balaban J connectivity index is 0.00000450. The predicted octanol–water partition coefficient (Wildman–Crippen LogP) is 3.82. The van der Waals surface area contributed by atoms with Gasteiger partial charge in [0.05, 0.1) is 12.6 Å². The number of nitrogens with one attached hydrogen (secondary N) is 2. The number of guanidine groups is 1. The molecular formula is C22H44IN5O2. The first-order chi connectivity index (χ1) is 13.7. The van der Waals surface area contributed by atoms with Gasteiger partial charge in [-0.25, -0.2) is 4.79 Å². The molecule has 30 heavy (non-hydrogen) atoms. The molecule has 1 unspecified atom stereocenters. The van der Waals surface area contributed by atoms with Crippen LogP contribution in [0.3, 0.4) is 0 Å². The second kappa shape index (κ2) is 12.9. The quantitative estimate of drug-likeness (QED) is 0.317. The SMILES string of the molecule is CCNC(=NCC1CCCCN1C(=O)OC(C)(C)C)NC1CCN(C(C)C)CC1.I. The molecule has 0 bridgehead atoms. The average molecular weight is 538 g/mol. The van der Waals surface area contributed by atoms with Gasteiger partial charge in [-0.15, -0.1) is 24.0 Å². The maximum atomic E-state index is 12.6. The van der Waals surface area contributed by atoms with E-state index in [1.807, 2.05) is 25.7 Å². The second-order valence-corrected chi connectivity index (χ2v) is 9.59. The molecule has 1 atom stereocenters. The van der Waals surface area contributed by atoms with Gasteiger partial charge in [0.1, 0.15) is 5.60 Å². The molecule has 2 heterocycles. The maximum Gasteiger partial charge on any atom is 0.410 e. The van der Waals surface area contributed by atoms with Gasteiger partial charge >= 0.3 is 6.09 Å². The number of carbonyl (C=O) groups excluding carboxylic acids is 1. The van der Waals surface area contributed by atoms with Crippen molar-refractivity contribution in [3.05, 3.63) is 0 Å². The molecule has 2 rings (SSSR count). The van der Waals surface area contributed by atoms with Crippen molar-refractivity contribution in [2.75, 3.05) is 32.7 Å². The van der Waals surface area contributed by atoms with Gasteiger partial charge in [0.15, 0.2) is 5.96 Å². The predicted molar refractivity (Wildman–Crippen MR) is 135 cm³/mol. The van der Waals surface area contributed by atoms with E-state index < -0.39 is 5.60 Å². The number of likely N-dealkylation sites (tertiary alicyclic amines) is 2. The zero-order valence-corrected chi connectivity index (χ0v) is 22.2. The van der Waals surface area contributed by atoms with E-state index in [9.17, 15) is 4.79 Å². The Morgan fingerprint density at radius 1 is 1.13 bits per heavy atom. The molecule has 8 heteroatoms. The third kappa shape index (κ3) is 9.16. The molecule has 0 aromatic rings. The first kappa shape index (κ1) is 27.3. The standard InChI is InChI=1S/C22H43N5O2.HI/c1-7-23-20(25-18-11-14-26(15-12-18)17(2)3)24-16-19-10-8-9-13-27(19)21(28)29-22(4,5)6;/h17-19H,7-16H2,1-6H3,(H2,23,24,25);1H. The number of nitrogens with zero attached hydrogens (tertiary/aromatic N) is 3. The molecule has 7 nitrogen and oxygen atoms in total. The summed E-state index contributed by atoms with van der Waals surface area (Å²) in [4.78, 5) is 21.9. The molecule has 0 aliphatic carbocycles. The van der Waals surface area contributed by atoms with E-state index in [-0.39, 0.29) is 36.1 Å². The van der Waals surface area contributed by atoms with Gasteiger partial charge in [-0.2, -0.15) is 0 Å². The lowest BCUT2D eigenvalue weighted by molar-refractivity contribution is 0.0109. The van der Waals surface area contributed by atoms with Gasteiger partial charge in [0.2, 0.25) is 0 Å². The van der Waals surface area contributed by atoms with Gasteiger partial charge in [0.25, 0.3) is 0 Å². The van der Waals surface area contributed by atoms with Crippen LogP contribution >= 0.6 is 24.0 Å². The molecule has 0 aromatic carbocycles. The Labute approximate surface area is 200 Å². The largest absolute Gasteiger partial charge is 0.444 e. The first-order valence-corrected chi connectivity index (χ1v) is 11.5. The summed E-state index contributed by atoms with van der Waals surface area (Å²) in [5.74, 6) is 0.866. The van der Waals surface area contributed by atoms with Crippen LogP contribution in [0.5, 0.6) is 0 Å². The van der Waals surface area contributed by atoms with Crippen LogP contribution in [0.25, 0.3) is 0 Å². The highest BCUT2D eigenvalue weighted by atomic mass is 127. The zero-order valence-electron chi connectivity index (χ0n) is 19.9. The Kier molecular flexibility index (Phi) is 11.8. The fraction of sp³-hybridized carbons (Fsp3) is 0.909. The molecule has 2 N–H and O–H groups in total. The van der Waals surface area contributed by atoms with E-state index in [2.05, 4.69) is 36.3 Å². The van der Waals surface area contributed by atoms with Crippen LogP contribution in [0.1, 0.15) is 73.6 Å². The summed E-state index contributed by atoms with van der Waals surface area (Å²) in [6.45, 7) is 16.8. The van der Waals surface area contributed by atoms with Crippen LogP contribution in [0.15, 0.2) is 4.99 Å². The van der Waals surface area contributed by atoms with Gasteiger partial charge < -0.3 is 25.2 Å². The van der Waals surface area contributed by atoms with Crippen molar-refractivity contribution in [2.24, 2.45) is 4.99 Å². The molecular weight excluding hydrogens is 493 g/mol. The molecule has 2 aliphatic rings. The number of carbonyl (C=O) groups is 1. The van der Waals surface area contributed by atoms with E-state index in [0.717, 1.165) is 64.2 Å². The minimum absolute atomic E-state index is 0. The average Bonchev–Trinajstić information content (AvgIpc) is 2.65. The number of rotatable bonds is 5. The molecule has 2 fully saturated rings. The van der Waals surface area contributed by atoms with Gasteiger partial charge in [-0.1, -0.05) is 0 Å². The molecule has 2 saturated heterocycles. The van der Waals surface area contributed by atoms with Crippen LogP contribution in [-0.2, 0) is 4.74 Å². The number of hydrogen-bond donors (Lipinski definition) is 2. The summed E-state index contributed by atoms with van der Waals surface area (Å²) >= 11 is 0. The van der Waals surface area contributed by atoms with Crippen molar-refractivity contribution < 1.29 is 9.53 Å². The van der Waals surface area contributed by atoms with Crippen LogP contribution in [0, 0.1) is 0 Å². The van der Waals surface area contributed by atoms with E-state index in [1.54, 1.807) is 0 Å². The number of amides is 1. The van der Waals surface area contributed by atoms with Crippen molar-refractivity contribution >= 4 is 36.0 Å². The summed E-state index contributed by atoms with van der Waals surface area (Å²) in [6, 6.07) is 1.18. The van der Waals surface area contributed by atoms with E-state index in [1.165, 1.54) is 0 Å². The van der Waals surface area contributed by atoms with Gasteiger partial charge in [-0.05, 0) is 73.6 Å². The third-order valence-corrected chi connectivity index (χ3v) is 5.66. The summed E-state index contributed by atoms with van der Waals surface area (Å²) in [5.41, 5.74) is -0.469. The van der Waals surface area contributed by atoms with Crippen molar-refractivity contribution in [3.8, 4) is 0 Å². The van der Waals surface area contributed by atoms with E-state index in [0.29, 0.717) is 18.6 Å². The van der Waals surface area contributed by atoms with Crippen LogP contribution in [-0.4, -0.2) is 78.3 Å². The summed E-state index contributed by atoms with van der Waals surface area (Å²) in [6.07, 6.45) is 5.21. The number of ether oxygens (including phenoxy) is 1. The first-order valence-electron chi connectivity index (χ1n) is 11.5. The molecule has 2 aliphatic heterocycles. The molecule has 1 amide bonds. The van der Waals surface area contributed by atoms with E-state index in [4.69, 9.17) is 9.73 Å². The summed E-state index contributed by atoms with van der Waals surface area (Å²) < 4.78 is 5.62. The van der Waals surface area contributed by atoms with Crippen molar-refractivity contribution in [3.63, 3.8) is 0 Å². The molecule has 0 radical (unpaired) electrons. The Morgan fingerprint density at radius 2 is 1.80 bits per heavy atom. The van der Waals surface area contributed by atoms with Crippen molar-refractivity contribution in [2.45, 2.75) is 97.4 Å². The molecule has 176 valence electrons. The van der Waals surface area contributed by atoms with Crippen LogP contribution < -0.4 is 10.6 Å². The lowest BCUT2D eigenvalue weighted by Crippen LogP contribution is -2.51. The number of halogens is 1. The lowest BCUT2D eigenvalue weighted by atomic mass is 10.0. The molecule has 0 aromatic heterocycles. The Hall–Kier alpha value is -0.770. The fourth-order valence-electron chi connectivity index (χ4n) is 4.02. The number of piperidine rings is 2. The minimum atomic E-state index is -0.469. The van der Waals surface area contributed by atoms with Crippen LogP contribution in [0.2, 0.25) is 0 Å². The summed E-state index contributed by atoms with van der Waals surface area (Å²) in [5, 5.41) is 6.99. The lowest BCUT2D eigenvalue weighted by Gasteiger charge is -2.36. The smallest absolute Gasteiger partial charge is 0.410 e. The topological polar surface area (TPSA) is 69.2 Å². The number of hydrogen-bond acceptors (Lipinski definition) is 4. The zero-order chi connectivity index (χ0) is 21.4. The minimum Gasteiger partial charge on any atom is -0.444 e. The monoisotopic (exact) mass is 537 g/mol. The van der Waals surface area contributed by atoms with Crippen molar-refractivity contribution in [1.29, 1.82) is 0 Å².